The molecule has 0 unspecified atom stereocenters. The molecule has 2 N–H and O–H groups in total. The monoisotopic (exact) mass is 424 g/mol. The van der Waals surface area contributed by atoms with Crippen LogP contribution in [0.15, 0.2) is 42.5 Å². The minimum atomic E-state index is 0.0133. The molecule has 0 radical (unpaired) electrons. The number of ether oxygens (including phenoxy) is 1. The molecule has 1 aromatic heterocycles. The summed E-state index contributed by atoms with van der Waals surface area (Å²) in [4.78, 5) is 12.3. The van der Waals surface area contributed by atoms with Crippen molar-refractivity contribution in [1.82, 2.24) is 20.1 Å². The lowest BCUT2D eigenvalue weighted by molar-refractivity contribution is -0.121. The molecule has 3 aromatic rings. The Bertz CT molecular complexity index is 1050. The number of carbonyl (C=O) groups excluding carboxylic acids is 1. The van der Waals surface area contributed by atoms with Crippen molar-refractivity contribution in [3.8, 4) is 17.1 Å². The largest absolute Gasteiger partial charge is 0.497 e. The zero-order valence-corrected chi connectivity index (χ0v) is 18.5. The molecule has 1 heterocycles. The van der Waals surface area contributed by atoms with Crippen molar-refractivity contribution in [2.24, 2.45) is 0 Å². The standard InChI is InChI=1S/C23H28N4O2S/c1-16-6-7-18(17(2)15-16)5-4-13-24-21(28)12-14-27-22(25-26-23(27)30)19-8-10-20(29-3)11-9-19/h6-11,15H,4-5,12-14H2,1-3H3,(H,24,28)(H,26,30). The van der Waals surface area contributed by atoms with E-state index in [1.807, 2.05) is 28.8 Å². The molecule has 158 valence electrons. The van der Waals surface area contributed by atoms with E-state index in [9.17, 15) is 4.79 Å². The molecule has 0 aliphatic heterocycles. The van der Waals surface area contributed by atoms with Crippen LogP contribution in [0.3, 0.4) is 0 Å². The SMILES string of the molecule is COc1ccc(-c2n[nH]c(=S)n2CCC(=O)NCCCc2ccc(C)cc2C)cc1. The number of H-pyrrole nitrogens is 1. The van der Waals surface area contributed by atoms with Crippen LogP contribution in [0, 0.1) is 18.6 Å². The molecule has 7 heteroatoms. The Labute approximate surface area is 182 Å². The number of aromatic amines is 1. The van der Waals surface area contributed by atoms with E-state index in [1.54, 1.807) is 7.11 Å². The molecular weight excluding hydrogens is 396 g/mol. The molecule has 0 saturated heterocycles. The summed E-state index contributed by atoms with van der Waals surface area (Å²) in [7, 11) is 1.63. The summed E-state index contributed by atoms with van der Waals surface area (Å²) in [6, 6.07) is 14.1. The number of amides is 1. The van der Waals surface area contributed by atoms with Crippen molar-refractivity contribution < 1.29 is 9.53 Å². The minimum Gasteiger partial charge on any atom is -0.497 e. The zero-order valence-electron chi connectivity index (χ0n) is 17.7. The molecule has 0 saturated carbocycles. The van der Waals surface area contributed by atoms with E-state index >= 15 is 0 Å². The Morgan fingerprint density at radius 2 is 1.97 bits per heavy atom. The van der Waals surface area contributed by atoms with Gasteiger partial charge >= 0.3 is 0 Å². The molecule has 3 rings (SSSR count). The van der Waals surface area contributed by atoms with Gasteiger partial charge in [0.2, 0.25) is 5.91 Å². The van der Waals surface area contributed by atoms with Crippen LogP contribution in [0.5, 0.6) is 5.75 Å². The quantitative estimate of drug-likeness (QED) is 0.395. The number of hydrogen-bond donors (Lipinski definition) is 2. The molecular formula is C23H28N4O2S. The third-order valence-corrected chi connectivity index (χ3v) is 5.42. The second kappa shape index (κ2) is 10.2. The highest BCUT2D eigenvalue weighted by molar-refractivity contribution is 7.71. The van der Waals surface area contributed by atoms with Crippen molar-refractivity contribution in [1.29, 1.82) is 0 Å². The molecule has 6 nitrogen and oxygen atoms in total. The van der Waals surface area contributed by atoms with Gasteiger partial charge in [0.05, 0.1) is 7.11 Å². The van der Waals surface area contributed by atoms with Crippen LogP contribution in [-0.4, -0.2) is 34.3 Å². The molecule has 0 aliphatic rings. The number of nitrogens with one attached hydrogen (secondary N) is 2. The highest BCUT2D eigenvalue weighted by Gasteiger charge is 2.11. The predicted molar refractivity (Wildman–Crippen MR) is 121 cm³/mol. The second-order valence-corrected chi connectivity index (χ2v) is 7.75. The van der Waals surface area contributed by atoms with Crippen LogP contribution < -0.4 is 10.1 Å². The molecule has 0 aliphatic carbocycles. The number of carbonyl (C=O) groups is 1. The van der Waals surface area contributed by atoms with Crippen molar-refractivity contribution in [2.45, 2.75) is 39.7 Å². The summed E-state index contributed by atoms with van der Waals surface area (Å²) >= 11 is 5.34. The zero-order chi connectivity index (χ0) is 21.5. The molecule has 30 heavy (non-hydrogen) atoms. The first-order chi connectivity index (χ1) is 14.5. The summed E-state index contributed by atoms with van der Waals surface area (Å²) in [6.07, 6.45) is 2.22. The highest BCUT2D eigenvalue weighted by atomic mass is 32.1. The average Bonchev–Trinajstić information content (AvgIpc) is 3.11. The number of nitrogens with zero attached hydrogens (tertiary/aromatic N) is 2. The van der Waals surface area contributed by atoms with Gasteiger partial charge < -0.3 is 10.1 Å². The number of rotatable bonds is 9. The van der Waals surface area contributed by atoms with Gasteiger partial charge in [-0.15, -0.1) is 0 Å². The highest BCUT2D eigenvalue weighted by Crippen LogP contribution is 2.21. The summed E-state index contributed by atoms with van der Waals surface area (Å²) in [6.45, 7) is 5.37. The number of aromatic nitrogens is 3. The van der Waals surface area contributed by atoms with Crippen molar-refractivity contribution in [3.05, 3.63) is 63.9 Å². The maximum Gasteiger partial charge on any atom is 0.221 e. The summed E-state index contributed by atoms with van der Waals surface area (Å²) in [5.74, 6) is 1.50. The lowest BCUT2D eigenvalue weighted by atomic mass is 10.0. The Balaban J connectivity index is 1.50. The first-order valence-electron chi connectivity index (χ1n) is 10.1. The van der Waals surface area contributed by atoms with Crippen molar-refractivity contribution >= 4 is 18.1 Å². The van der Waals surface area contributed by atoms with Crippen molar-refractivity contribution in [3.63, 3.8) is 0 Å². The van der Waals surface area contributed by atoms with Crippen LogP contribution >= 0.6 is 12.2 Å². The fourth-order valence-electron chi connectivity index (χ4n) is 3.42. The maximum atomic E-state index is 12.3. The molecule has 0 bridgehead atoms. The molecule has 0 fully saturated rings. The Morgan fingerprint density at radius 3 is 2.67 bits per heavy atom. The molecule has 0 atom stereocenters. The van der Waals surface area contributed by atoms with Crippen LogP contribution in [0.1, 0.15) is 29.5 Å². The smallest absolute Gasteiger partial charge is 0.221 e. The van der Waals surface area contributed by atoms with Gasteiger partial charge in [-0.2, -0.15) is 5.10 Å². The van der Waals surface area contributed by atoms with E-state index in [1.165, 1.54) is 16.7 Å². The van der Waals surface area contributed by atoms with Gasteiger partial charge in [0.1, 0.15) is 5.75 Å². The third kappa shape index (κ3) is 5.57. The first kappa shape index (κ1) is 21.8. The summed E-state index contributed by atoms with van der Waals surface area (Å²) in [5, 5.41) is 10.1. The summed E-state index contributed by atoms with van der Waals surface area (Å²) in [5.41, 5.74) is 4.83. The van der Waals surface area contributed by atoms with E-state index in [4.69, 9.17) is 17.0 Å². The molecule has 0 spiro atoms. The van der Waals surface area contributed by atoms with Gasteiger partial charge in [-0.3, -0.25) is 14.5 Å². The fourth-order valence-corrected chi connectivity index (χ4v) is 3.64. The minimum absolute atomic E-state index is 0.0133. The average molecular weight is 425 g/mol. The van der Waals surface area contributed by atoms with Crippen LogP contribution in [0.25, 0.3) is 11.4 Å². The van der Waals surface area contributed by atoms with Crippen molar-refractivity contribution in [2.75, 3.05) is 13.7 Å². The van der Waals surface area contributed by atoms with Gasteiger partial charge in [0, 0.05) is 25.1 Å². The fraction of sp³-hybridized carbons (Fsp3) is 0.348. The topological polar surface area (TPSA) is 71.9 Å². The van der Waals surface area contributed by atoms with Gasteiger partial charge in [-0.1, -0.05) is 23.8 Å². The maximum absolute atomic E-state index is 12.3. The Hall–Kier alpha value is -2.93. The number of methoxy groups -OCH3 is 1. The van der Waals surface area contributed by atoms with Gasteiger partial charge in [-0.25, -0.2) is 0 Å². The number of benzene rings is 2. The Kier molecular flexibility index (Phi) is 7.41. The number of hydrogen-bond acceptors (Lipinski definition) is 4. The molecule has 1 amide bonds. The lowest BCUT2D eigenvalue weighted by Crippen LogP contribution is -2.26. The number of aryl methyl sites for hydroxylation is 3. The summed E-state index contributed by atoms with van der Waals surface area (Å²) < 4.78 is 7.55. The van der Waals surface area contributed by atoms with E-state index in [0.717, 1.165) is 24.2 Å². The van der Waals surface area contributed by atoms with E-state index in [0.29, 0.717) is 30.1 Å². The predicted octanol–water partition coefficient (Wildman–Crippen LogP) is 4.37. The van der Waals surface area contributed by atoms with Crippen LogP contribution in [-0.2, 0) is 17.8 Å². The first-order valence-corrected chi connectivity index (χ1v) is 10.5. The molecule has 2 aromatic carbocycles. The normalized spacial score (nSPS) is 10.8. The Morgan fingerprint density at radius 1 is 1.20 bits per heavy atom. The van der Waals surface area contributed by atoms with Crippen LogP contribution in [0.4, 0.5) is 0 Å². The van der Waals surface area contributed by atoms with Gasteiger partial charge in [0.25, 0.3) is 0 Å². The van der Waals surface area contributed by atoms with E-state index in [2.05, 4.69) is 47.6 Å². The lowest BCUT2D eigenvalue weighted by Gasteiger charge is -2.09. The van der Waals surface area contributed by atoms with Crippen LogP contribution in [0.2, 0.25) is 0 Å². The third-order valence-electron chi connectivity index (χ3n) is 5.11. The van der Waals surface area contributed by atoms with Gasteiger partial charge in [0.15, 0.2) is 10.6 Å². The van der Waals surface area contributed by atoms with E-state index in [-0.39, 0.29) is 5.91 Å². The second-order valence-electron chi connectivity index (χ2n) is 7.37. The van der Waals surface area contributed by atoms with Gasteiger partial charge in [-0.05, 0) is 74.3 Å². The van der Waals surface area contributed by atoms with E-state index < -0.39 is 0 Å².